The van der Waals surface area contributed by atoms with Crippen LogP contribution >= 0.6 is 0 Å². The summed E-state index contributed by atoms with van der Waals surface area (Å²) in [4.78, 5) is 4.50. The summed E-state index contributed by atoms with van der Waals surface area (Å²) in [5, 5.41) is 10.2. The molecule has 4 rings (SSSR count). The van der Waals surface area contributed by atoms with Crippen LogP contribution in [0.25, 0.3) is 22.6 Å². The van der Waals surface area contributed by atoms with Crippen LogP contribution in [0, 0.1) is 6.92 Å². The third-order valence-electron chi connectivity index (χ3n) is 4.10. The first kappa shape index (κ1) is 17.1. The van der Waals surface area contributed by atoms with Gasteiger partial charge in [-0.2, -0.15) is 0 Å². The molecule has 2 N–H and O–H groups in total. The average molecular weight is 380 g/mol. The fraction of sp³-hybridized carbons (Fsp3) is 0.0500. The van der Waals surface area contributed by atoms with Crippen molar-refractivity contribution in [3.8, 4) is 17.2 Å². The predicted molar refractivity (Wildman–Crippen MR) is 103 cm³/mol. The summed E-state index contributed by atoms with van der Waals surface area (Å²) in [6.45, 7) is 1.89. The number of benzene rings is 3. The Kier molecular flexibility index (Phi) is 4.08. The Bertz CT molecular complexity index is 1200. The number of para-hydroxylation sites is 2. The molecule has 0 aliphatic heterocycles. The third kappa shape index (κ3) is 3.37. The minimum atomic E-state index is -3.75. The van der Waals surface area contributed by atoms with Crippen molar-refractivity contribution in [3.63, 3.8) is 0 Å². The van der Waals surface area contributed by atoms with Crippen LogP contribution in [-0.4, -0.2) is 18.5 Å². The van der Waals surface area contributed by atoms with Gasteiger partial charge >= 0.3 is 0 Å². The number of anilines is 1. The molecule has 4 aromatic rings. The number of sulfonamides is 1. The number of nitrogens with zero attached hydrogens (tertiary/aromatic N) is 1. The molecule has 0 fully saturated rings. The van der Waals surface area contributed by atoms with E-state index in [1.165, 1.54) is 18.2 Å². The van der Waals surface area contributed by atoms with Crippen LogP contribution in [-0.2, 0) is 10.0 Å². The molecule has 1 aromatic heterocycles. The normalized spacial score (nSPS) is 11.6. The van der Waals surface area contributed by atoms with Crippen molar-refractivity contribution >= 4 is 26.8 Å². The highest BCUT2D eigenvalue weighted by molar-refractivity contribution is 7.92. The fourth-order valence-electron chi connectivity index (χ4n) is 2.69. The number of aryl methyl sites for hydroxylation is 1. The molecular formula is C20H16N2O4S. The molecule has 0 unspecified atom stereocenters. The van der Waals surface area contributed by atoms with E-state index >= 15 is 0 Å². The van der Waals surface area contributed by atoms with E-state index in [1.54, 1.807) is 36.4 Å². The molecule has 6 nitrogen and oxygen atoms in total. The molecule has 7 heteroatoms. The zero-order chi connectivity index (χ0) is 19.0. The topological polar surface area (TPSA) is 92.4 Å². The maximum Gasteiger partial charge on any atom is 0.261 e. The first-order valence-corrected chi connectivity index (χ1v) is 9.69. The summed E-state index contributed by atoms with van der Waals surface area (Å²) in [5.41, 5.74) is 2.80. The number of rotatable bonds is 4. The molecule has 0 saturated carbocycles. The Labute approximate surface area is 156 Å². The van der Waals surface area contributed by atoms with Crippen molar-refractivity contribution in [2.24, 2.45) is 0 Å². The van der Waals surface area contributed by atoms with E-state index in [0.717, 1.165) is 5.56 Å². The van der Waals surface area contributed by atoms with E-state index in [-0.39, 0.29) is 16.5 Å². The summed E-state index contributed by atoms with van der Waals surface area (Å²) in [6.07, 6.45) is 0. The van der Waals surface area contributed by atoms with Gasteiger partial charge in [0.2, 0.25) is 5.89 Å². The van der Waals surface area contributed by atoms with Gasteiger partial charge in [-0.15, -0.1) is 0 Å². The van der Waals surface area contributed by atoms with Gasteiger partial charge in [-0.3, -0.25) is 4.72 Å². The summed E-state index contributed by atoms with van der Waals surface area (Å²) >= 11 is 0. The molecule has 27 heavy (non-hydrogen) atoms. The standard InChI is InChI=1S/C20H16N2O4S/c1-13-6-9-15(10-7-13)27(24,25)22-14-8-11-18(23)16(12-14)20-21-17-4-2-3-5-19(17)26-20/h2-12,22-23H,1H3. The SMILES string of the molecule is Cc1ccc(S(=O)(=O)Nc2ccc(O)c(-c3nc4ccccc4o3)c2)cc1. The van der Waals surface area contributed by atoms with E-state index in [2.05, 4.69) is 9.71 Å². The van der Waals surface area contributed by atoms with Crippen LogP contribution in [0.4, 0.5) is 5.69 Å². The summed E-state index contributed by atoms with van der Waals surface area (Å²) in [7, 11) is -3.75. The lowest BCUT2D eigenvalue weighted by atomic mass is 10.2. The molecule has 1 heterocycles. The maximum atomic E-state index is 12.6. The molecule has 0 atom stereocenters. The van der Waals surface area contributed by atoms with Crippen LogP contribution in [0.5, 0.6) is 5.75 Å². The molecule has 0 radical (unpaired) electrons. The molecular weight excluding hydrogens is 364 g/mol. The van der Waals surface area contributed by atoms with Gasteiger partial charge in [-0.1, -0.05) is 29.8 Å². The van der Waals surface area contributed by atoms with E-state index in [9.17, 15) is 13.5 Å². The lowest BCUT2D eigenvalue weighted by Gasteiger charge is -2.10. The molecule has 0 spiro atoms. The molecule has 0 amide bonds. The molecule has 0 aliphatic rings. The van der Waals surface area contributed by atoms with Crippen LogP contribution < -0.4 is 4.72 Å². The minimum Gasteiger partial charge on any atom is -0.507 e. The van der Waals surface area contributed by atoms with E-state index in [0.29, 0.717) is 22.4 Å². The number of aromatic hydroxyl groups is 1. The van der Waals surface area contributed by atoms with Gasteiger partial charge in [0.25, 0.3) is 10.0 Å². The van der Waals surface area contributed by atoms with Crippen molar-refractivity contribution in [1.29, 1.82) is 0 Å². The van der Waals surface area contributed by atoms with Gasteiger partial charge in [0.05, 0.1) is 10.5 Å². The highest BCUT2D eigenvalue weighted by Gasteiger charge is 2.17. The van der Waals surface area contributed by atoms with Crippen molar-refractivity contribution < 1.29 is 17.9 Å². The zero-order valence-electron chi connectivity index (χ0n) is 14.4. The van der Waals surface area contributed by atoms with Crippen LogP contribution in [0.15, 0.2) is 76.0 Å². The highest BCUT2D eigenvalue weighted by Crippen LogP contribution is 2.33. The van der Waals surface area contributed by atoms with E-state index in [1.807, 2.05) is 19.1 Å². The van der Waals surface area contributed by atoms with Gasteiger partial charge in [0.15, 0.2) is 5.58 Å². The molecule has 0 bridgehead atoms. The second-order valence-electron chi connectivity index (χ2n) is 6.14. The highest BCUT2D eigenvalue weighted by atomic mass is 32.2. The number of oxazole rings is 1. The second kappa shape index (κ2) is 6.44. The Balaban J connectivity index is 1.71. The lowest BCUT2D eigenvalue weighted by molar-refractivity contribution is 0.474. The van der Waals surface area contributed by atoms with Gasteiger partial charge < -0.3 is 9.52 Å². The minimum absolute atomic E-state index is 0.0557. The number of fused-ring (bicyclic) bond motifs is 1. The Morgan fingerprint density at radius 1 is 1.00 bits per heavy atom. The van der Waals surface area contributed by atoms with E-state index in [4.69, 9.17) is 4.42 Å². The first-order valence-electron chi connectivity index (χ1n) is 8.21. The summed E-state index contributed by atoms with van der Waals surface area (Å²) in [6, 6.07) is 18.1. The molecule has 3 aromatic carbocycles. The van der Waals surface area contributed by atoms with Crippen molar-refractivity contribution in [1.82, 2.24) is 4.98 Å². The van der Waals surface area contributed by atoms with Crippen LogP contribution in [0.2, 0.25) is 0 Å². The molecule has 136 valence electrons. The van der Waals surface area contributed by atoms with E-state index < -0.39 is 10.0 Å². The number of phenols is 1. The zero-order valence-corrected chi connectivity index (χ0v) is 15.2. The Morgan fingerprint density at radius 3 is 2.48 bits per heavy atom. The van der Waals surface area contributed by atoms with Crippen LogP contribution in [0.1, 0.15) is 5.56 Å². The Hall–Kier alpha value is -3.32. The van der Waals surface area contributed by atoms with Gasteiger partial charge in [0.1, 0.15) is 11.3 Å². The van der Waals surface area contributed by atoms with Crippen molar-refractivity contribution in [2.45, 2.75) is 11.8 Å². The predicted octanol–water partition coefficient (Wildman–Crippen LogP) is 4.31. The molecule has 0 aliphatic carbocycles. The summed E-state index contributed by atoms with van der Waals surface area (Å²) in [5.74, 6) is 0.157. The molecule has 0 saturated heterocycles. The number of nitrogens with one attached hydrogen (secondary N) is 1. The lowest BCUT2D eigenvalue weighted by Crippen LogP contribution is -2.12. The average Bonchev–Trinajstić information content (AvgIpc) is 3.07. The maximum absolute atomic E-state index is 12.6. The van der Waals surface area contributed by atoms with Gasteiger partial charge in [0, 0.05) is 5.69 Å². The van der Waals surface area contributed by atoms with Gasteiger partial charge in [-0.05, 0) is 49.4 Å². The quantitative estimate of drug-likeness (QED) is 0.515. The number of hydrogen-bond acceptors (Lipinski definition) is 5. The van der Waals surface area contributed by atoms with Crippen molar-refractivity contribution in [2.75, 3.05) is 4.72 Å². The second-order valence-corrected chi connectivity index (χ2v) is 7.82. The first-order chi connectivity index (χ1) is 12.9. The number of aromatic nitrogens is 1. The van der Waals surface area contributed by atoms with Crippen molar-refractivity contribution in [3.05, 3.63) is 72.3 Å². The number of hydrogen-bond donors (Lipinski definition) is 2. The van der Waals surface area contributed by atoms with Gasteiger partial charge in [-0.25, -0.2) is 13.4 Å². The third-order valence-corrected chi connectivity index (χ3v) is 5.50. The number of phenolic OH excluding ortho intramolecular Hbond substituents is 1. The fourth-order valence-corrected chi connectivity index (χ4v) is 3.74. The smallest absolute Gasteiger partial charge is 0.261 e. The van der Waals surface area contributed by atoms with Crippen LogP contribution in [0.3, 0.4) is 0 Å². The largest absolute Gasteiger partial charge is 0.507 e. The monoisotopic (exact) mass is 380 g/mol. The summed E-state index contributed by atoms with van der Waals surface area (Å²) < 4.78 is 33.3. The Morgan fingerprint density at radius 2 is 1.74 bits per heavy atom.